The molecule has 20 heavy (non-hydrogen) atoms. The molecule has 0 amide bonds. The van der Waals surface area contributed by atoms with E-state index in [1.54, 1.807) is 12.1 Å². The second-order valence-electron chi connectivity index (χ2n) is 3.36. The van der Waals surface area contributed by atoms with Crippen molar-refractivity contribution in [2.75, 3.05) is 0 Å². The van der Waals surface area contributed by atoms with Crippen LogP contribution in [0.5, 0.6) is 0 Å². The van der Waals surface area contributed by atoms with Crippen LogP contribution in [-0.4, -0.2) is 22.3 Å². The van der Waals surface area contributed by atoms with Crippen molar-refractivity contribution in [3.8, 4) is 0 Å². The Bertz CT molecular complexity index is 643. The van der Waals surface area contributed by atoms with Crippen LogP contribution in [0.1, 0.15) is 9.75 Å². The molecule has 0 aliphatic heterocycles. The zero-order chi connectivity index (χ0) is 14.5. The molecule has 0 fully saturated rings. The topological polar surface area (TPSA) is 111 Å². The van der Waals surface area contributed by atoms with Crippen LogP contribution in [0.3, 0.4) is 0 Å². The van der Waals surface area contributed by atoms with Gasteiger partial charge in [-0.3, -0.25) is 20.2 Å². The molecule has 0 unspecified atom stereocenters. The minimum Gasteiger partial charge on any atom is -0.258 e. The van der Waals surface area contributed by atoms with E-state index in [0.29, 0.717) is 9.75 Å². The lowest BCUT2D eigenvalue weighted by molar-refractivity contribution is -0.380. The van der Waals surface area contributed by atoms with E-state index in [4.69, 9.17) is 0 Å². The molecule has 2 aromatic rings. The highest BCUT2D eigenvalue weighted by Gasteiger charge is 2.08. The van der Waals surface area contributed by atoms with E-state index in [1.807, 2.05) is 0 Å². The number of hydrogen-bond donors (Lipinski definition) is 0. The summed E-state index contributed by atoms with van der Waals surface area (Å²) in [4.78, 5) is 21.2. The first-order valence-corrected chi connectivity index (χ1v) is 6.74. The summed E-state index contributed by atoms with van der Waals surface area (Å²) in [6.45, 7) is 0. The average Bonchev–Trinajstić information content (AvgIpc) is 3.04. The number of nitrogens with zero attached hydrogens (tertiary/aromatic N) is 4. The lowest BCUT2D eigenvalue weighted by Gasteiger charge is -1.81. The lowest BCUT2D eigenvalue weighted by atomic mass is 10.5. The molecule has 0 spiro atoms. The van der Waals surface area contributed by atoms with Gasteiger partial charge in [-0.25, -0.2) is 0 Å². The summed E-state index contributed by atoms with van der Waals surface area (Å²) in [5.41, 5.74) is 0. The molecule has 0 aromatic carbocycles. The first-order valence-electron chi connectivity index (χ1n) is 5.11. The Hall–Kier alpha value is -2.46. The van der Waals surface area contributed by atoms with Crippen LogP contribution in [0.4, 0.5) is 10.0 Å². The molecule has 0 bridgehead atoms. The van der Waals surface area contributed by atoms with E-state index in [1.165, 1.54) is 24.6 Å². The van der Waals surface area contributed by atoms with E-state index in [0.717, 1.165) is 22.7 Å². The second-order valence-corrected chi connectivity index (χ2v) is 5.54. The van der Waals surface area contributed by atoms with Crippen molar-refractivity contribution in [1.29, 1.82) is 0 Å². The fraction of sp³-hybridized carbons (Fsp3) is 0. The van der Waals surface area contributed by atoms with Crippen molar-refractivity contribution in [2.45, 2.75) is 0 Å². The van der Waals surface area contributed by atoms with E-state index in [2.05, 4.69) is 10.2 Å². The van der Waals surface area contributed by atoms with Crippen LogP contribution in [0.15, 0.2) is 34.5 Å². The summed E-state index contributed by atoms with van der Waals surface area (Å²) in [6.07, 6.45) is 2.77. The van der Waals surface area contributed by atoms with E-state index >= 15 is 0 Å². The van der Waals surface area contributed by atoms with Gasteiger partial charge in [0.2, 0.25) is 0 Å². The molecular weight excluding hydrogens is 304 g/mol. The standard InChI is InChI=1S/C10H6N4O4S2/c15-13(16)9-3-1-7(19-9)5-11-12-6-8-2-4-10(20-8)14(17)18/h1-6H/b11-5+,12-6+. The van der Waals surface area contributed by atoms with E-state index < -0.39 is 9.85 Å². The first-order chi connectivity index (χ1) is 9.56. The molecule has 0 atom stereocenters. The van der Waals surface area contributed by atoms with Gasteiger partial charge in [0.15, 0.2) is 0 Å². The molecule has 0 radical (unpaired) electrons. The Morgan fingerprint density at radius 3 is 1.55 bits per heavy atom. The van der Waals surface area contributed by atoms with Gasteiger partial charge in [-0.05, 0) is 12.1 Å². The maximum absolute atomic E-state index is 10.5. The van der Waals surface area contributed by atoms with Gasteiger partial charge in [-0.1, -0.05) is 22.7 Å². The highest BCUT2D eigenvalue weighted by molar-refractivity contribution is 7.17. The lowest BCUT2D eigenvalue weighted by Crippen LogP contribution is -1.80. The molecule has 2 rings (SSSR count). The van der Waals surface area contributed by atoms with Crippen molar-refractivity contribution in [2.24, 2.45) is 10.2 Å². The summed E-state index contributed by atoms with van der Waals surface area (Å²) >= 11 is 1.97. The van der Waals surface area contributed by atoms with Crippen LogP contribution in [0, 0.1) is 20.2 Å². The molecule has 2 aromatic heterocycles. The van der Waals surface area contributed by atoms with Gasteiger partial charge in [0.1, 0.15) is 0 Å². The summed E-state index contributed by atoms with van der Waals surface area (Å²) in [6, 6.07) is 5.91. The van der Waals surface area contributed by atoms with E-state index in [9.17, 15) is 20.2 Å². The van der Waals surface area contributed by atoms with Crippen LogP contribution in [0.25, 0.3) is 0 Å². The van der Waals surface area contributed by atoms with Gasteiger partial charge in [0, 0.05) is 12.1 Å². The zero-order valence-corrected chi connectivity index (χ0v) is 11.3. The molecule has 10 heteroatoms. The molecule has 8 nitrogen and oxygen atoms in total. The Morgan fingerprint density at radius 1 is 0.850 bits per heavy atom. The quantitative estimate of drug-likeness (QED) is 0.480. The third-order valence-electron chi connectivity index (χ3n) is 2.02. The molecule has 0 N–H and O–H groups in total. The van der Waals surface area contributed by atoms with Crippen LogP contribution < -0.4 is 0 Å². The van der Waals surface area contributed by atoms with Gasteiger partial charge in [0.25, 0.3) is 0 Å². The van der Waals surface area contributed by atoms with Gasteiger partial charge in [0.05, 0.1) is 32.0 Å². The molecule has 0 saturated heterocycles. The summed E-state index contributed by atoms with van der Waals surface area (Å²) < 4.78 is 0. The van der Waals surface area contributed by atoms with Gasteiger partial charge in [-0.2, -0.15) is 10.2 Å². The summed E-state index contributed by atoms with van der Waals surface area (Å²) in [5, 5.41) is 28.5. The third-order valence-corrected chi connectivity index (χ3v) is 3.96. The Balaban J connectivity index is 1.99. The van der Waals surface area contributed by atoms with Crippen LogP contribution >= 0.6 is 22.7 Å². The third kappa shape index (κ3) is 3.52. The van der Waals surface area contributed by atoms with Crippen LogP contribution in [-0.2, 0) is 0 Å². The number of hydrogen-bond acceptors (Lipinski definition) is 8. The zero-order valence-electron chi connectivity index (χ0n) is 9.70. The van der Waals surface area contributed by atoms with E-state index in [-0.39, 0.29) is 10.0 Å². The Kier molecular flexibility index (Phi) is 4.27. The summed E-state index contributed by atoms with van der Waals surface area (Å²) in [5.74, 6) is 0. The van der Waals surface area contributed by atoms with Crippen LogP contribution in [0.2, 0.25) is 0 Å². The maximum Gasteiger partial charge on any atom is 0.324 e. The normalized spacial score (nSPS) is 11.4. The highest BCUT2D eigenvalue weighted by atomic mass is 32.1. The smallest absolute Gasteiger partial charge is 0.258 e. The molecule has 0 saturated carbocycles. The Morgan fingerprint density at radius 2 is 1.25 bits per heavy atom. The molecule has 2 heterocycles. The van der Waals surface area contributed by atoms with Crippen molar-refractivity contribution in [3.63, 3.8) is 0 Å². The predicted molar refractivity (Wildman–Crippen MR) is 77.1 cm³/mol. The molecule has 102 valence electrons. The molecule has 0 aliphatic rings. The number of nitro groups is 2. The van der Waals surface area contributed by atoms with Gasteiger partial charge < -0.3 is 0 Å². The second kappa shape index (κ2) is 6.12. The maximum atomic E-state index is 10.5. The average molecular weight is 310 g/mol. The minimum absolute atomic E-state index is 0.0318. The highest BCUT2D eigenvalue weighted by Crippen LogP contribution is 2.23. The van der Waals surface area contributed by atoms with Gasteiger partial charge in [-0.15, -0.1) is 0 Å². The van der Waals surface area contributed by atoms with Gasteiger partial charge >= 0.3 is 10.0 Å². The minimum atomic E-state index is -0.476. The van der Waals surface area contributed by atoms with Crippen molar-refractivity contribution < 1.29 is 9.85 Å². The first kappa shape index (κ1) is 14.0. The summed E-state index contributed by atoms with van der Waals surface area (Å²) in [7, 11) is 0. The fourth-order valence-electron chi connectivity index (χ4n) is 1.20. The Labute approximate surface area is 120 Å². The largest absolute Gasteiger partial charge is 0.324 e. The predicted octanol–water partition coefficient (Wildman–Crippen LogP) is 3.08. The van der Waals surface area contributed by atoms with Crippen molar-refractivity contribution in [3.05, 3.63) is 54.2 Å². The number of rotatable bonds is 5. The molecular formula is C10H6N4O4S2. The van der Waals surface area contributed by atoms with Crippen molar-refractivity contribution in [1.82, 2.24) is 0 Å². The monoisotopic (exact) mass is 310 g/mol. The van der Waals surface area contributed by atoms with Crippen molar-refractivity contribution >= 4 is 45.1 Å². The number of thiophene rings is 2. The SMILES string of the molecule is O=[N+]([O-])c1ccc(/C=N/N=C/c2ccc([N+](=O)[O-])s2)s1. The molecule has 0 aliphatic carbocycles. The fourth-order valence-corrected chi connectivity index (χ4v) is 2.58.